The van der Waals surface area contributed by atoms with Gasteiger partial charge in [0.05, 0.1) is 22.4 Å². The lowest BCUT2D eigenvalue weighted by Gasteiger charge is -2.37. The van der Waals surface area contributed by atoms with Crippen LogP contribution in [0.25, 0.3) is 33.4 Å². The van der Waals surface area contributed by atoms with Crippen LogP contribution in [0.5, 0.6) is 0 Å². The van der Waals surface area contributed by atoms with E-state index in [0.29, 0.717) is 0 Å². The molecule has 4 aromatic rings. The van der Waals surface area contributed by atoms with Crippen molar-refractivity contribution in [3.8, 4) is 33.4 Å². The summed E-state index contributed by atoms with van der Waals surface area (Å²) in [5, 5.41) is 11.0. The van der Waals surface area contributed by atoms with Gasteiger partial charge in [0.2, 0.25) is 0 Å². The standard InChI is InChI=1S/C60H89B2O4/c1-13-17-21-25-29-45-37-46(30-26-22-18-14-2)40-49(39-45)55-43-51(61-64-58(7,8)57(5,6)63)33-35-53(55)54-36-34-52(62-65-59(9,10)60(11,12)66-62)44-56(54)50-41-47(31-27-23-19-15-3)38-48(42-50)32-28-24-20-16-4/h33-44,63H,13-32H2,1-12H3. The summed E-state index contributed by atoms with van der Waals surface area (Å²) < 4.78 is 19.9. The van der Waals surface area contributed by atoms with Crippen LogP contribution in [-0.2, 0) is 39.6 Å². The molecule has 0 atom stereocenters. The van der Waals surface area contributed by atoms with Gasteiger partial charge in [-0.2, -0.15) is 0 Å². The van der Waals surface area contributed by atoms with Crippen LogP contribution in [0.4, 0.5) is 0 Å². The molecule has 1 aliphatic heterocycles. The van der Waals surface area contributed by atoms with Gasteiger partial charge >= 0.3 is 14.6 Å². The van der Waals surface area contributed by atoms with Crippen molar-refractivity contribution in [3.05, 3.63) is 95.1 Å². The molecule has 0 spiro atoms. The second kappa shape index (κ2) is 24.9. The van der Waals surface area contributed by atoms with Crippen LogP contribution in [-0.4, -0.2) is 42.1 Å². The first kappa shape index (κ1) is 53.8. The third-order valence-corrected chi connectivity index (χ3v) is 14.9. The van der Waals surface area contributed by atoms with Crippen LogP contribution in [0.1, 0.15) is 208 Å². The Morgan fingerprint density at radius 1 is 0.485 bits per heavy atom. The summed E-state index contributed by atoms with van der Waals surface area (Å²) in [6.07, 6.45) is 24.2. The second-order valence-electron chi connectivity index (χ2n) is 21.8. The third-order valence-electron chi connectivity index (χ3n) is 14.9. The fraction of sp³-hybridized carbons (Fsp3) is 0.600. The normalized spacial score (nSPS) is 14.9. The van der Waals surface area contributed by atoms with Crippen LogP contribution in [0.2, 0.25) is 0 Å². The number of benzene rings is 4. The van der Waals surface area contributed by atoms with Crippen molar-refractivity contribution in [2.75, 3.05) is 0 Å². The smallest absolute Gasteiger partial charge is 0.427 e. The van der Waals surface area contributed by atoms with Gasteiger partial charge in [0.15, 0.2) is 0 Å². The summed E-state index contributed by atoms with van der Waals surface area (Å²) in [5.41, 5.74) is 12.3. The highest BCUT2D eigenvalue weighted by molar-refractivity contribution is 6.62. The predicted octanol–water partition coefficient (Wildman–Crippen LogP) is 15.3. The lowest BCUT2D eigenvalue weighted by Crippen LogP contribution is -2.49. The minimum Gasteiger partial charge on any atom is -0.427 e. The average Bonchev–Trinajstić information content (AvgIpc) is 3.50. The zero-order valence-electron chi connectivity index (χ0n) is 43.9. The van der Waals surface area contributed by atoms with Gasteiger partial charge in [-0.25, -0.2) is 0 Å². The number of rotatable bonds is 28. The summed E-state index contributed by atoms with van der Waals surface area (Å²) in [7, 11) is 1.38. The number of aliphatic hydroxyl groups is 1. The maximum Gasteiger partial charge on any atom is 0.494 e. The van der Waals surface area contributed by atoms with E-state index in [1.807, 2.05) is 35.2 Å². The SMILES string of the molecule is CCCCCCc1cc(CCCCCC)cc(-c2cc([B]OC(C)(C)C(C)(C)O)ccc2-c2ccc(B3OC(C)(C)C(C)(C)O3)cc2-c2cc(CCCCCC)cc(CCCCCC)c2)c1. The maximum absolute atomic E-state index is 11.0. The summed E-state index contributed by atoms with van der Waals surface area (Å²) >= 11 is 0. The Bertz CT molecular complexity index is 2030. The molecule has 1 saturated heterocycles. The van der Waals surface area contributed by atoms with E-state index in [-0.39, 0.29) is 0 Å². The summed E-state index contributed by atoms with van der Waals surface area (Å²) in [4.78, 5) is 0. The Hall–Kier alpha value is -3.15. The van der Waals surface area contributed by atoms with Gasteiger partial charge in [0.1, 0.15) is 0 Å². The van der Waals surface area contributed by atoms with Crippen LogP contribution in [0.3, 0.4) is 0 Å². The monoisotopic (exact) mass is 896 g/mol. The zero-order chi connectivity index (χ0) is 48.0. The van der Waals surface area contributed by atoms with Crippen molar-refractivity contribution in [2.24, 2.45) is 0 Å². The molecule has 1 aliphatic rings. The van der Waals surface area contributed by atoms with Crippen molar-refractivity contribution in [1.82, 2.24) is 0 Å². The molecule has 5 rings (SSSR count). The highest BCUT2D eigenvalue weighted by atomic mass is 16.7. The molecule has 1 radical (unpaired) electrons. The first-order valence-corrected chi connectivity index (χ1v) is 26.6. The molecular formula is C60H89B2O4. The van der Waals surface area contributed by atoms with E-state index in [1.165, 1.54) is 158 Å². The highest BCUT2D eigenvalue weighted by Gasteiger charge is 2.51. The Morgan fingerprint density at radius 3 is 1.24 bits per heavy atom. The van der Waals surface area contributed by atoms with Crippen LogP contribution in [0, 0.1) is 0 Å². The average molecular weight is 896 g/mol. The minimum absolute atomic E-state index is 0.447. The molecule has 6 heteroatoms. The Labute approximate surface area is 405 Å². The molecule has 1 fully saturated rings. The lowest BCUT2D eigenvalue weighted by atomic mass is 9.75. The highest BCUT2D eigenvalue weighted by Crippen LogP contribution is 2.41. The van der Waals surface area contributed by atoms with Gasteiger partial charge in [-0.05, 0) is 168 Å². The quantitative estimate of drug-likeness (QED) is 0.0456. The number of unbranched alkanes of at least 4 members (excludes halogenated alkanes) is 12. The van der Waals surface area contributed by atoms with E-state index in [2.05, 4.69) is 128 Å². The molecule has 0 saturated carbocycles. The predicted molar refractivity (Wildman–Crippen MR) is 287 cm³/mol. The van der Waals surface area contributed by atoms with E-state index < -0.39 is 29.5 Å². The number of hydrogen-bond acceptors (Lipinski definition) is 4. The molecule has 0 bridgehead atoms. The fourth-order valence-corrected chi connectivity index (χ4v) is 9.07. The van der Waals surface area contributed by atoms with E-state index in [9.17, 15) is 5.11 Å². The molecule has 0 amide bonds. The maximum atomic E-state index is 11.0. The van der Waals surface area contributed by atoms with E-state index in [0.717, 1.165) is 36.6 Å². The molecule has 0 aliphatic carbocycles. The van der Waals surface area contributed by atoms with Crippen molar-refractivity contribution in [3.63, 3.8) is 0 Å². The number of hydrogen-bond donors (Lipinski definition) is 1. The lowest BCUT2D eigenvalue weighted by molar-refractivity contribution is -0.0893. The first-order chi connectivity index (χ1) is 31.4. The molecule has 4 nitrogen and oxygen atoms in total. The second-order valence-corrected chi connectivity index (χ2v) is 21.8. The van der Waals surface area contributed by atoms with Crippen molar-refractivity contribution in [2.45, 2.75) is 234 Å². The zero-order valence-corrected chi connectivity index (χ0v) is 43.9. The first-order valence-electron chi connectivity index (χ1n) is 26.6. The molecule has 1 heterocycles. The molecule has 1 N–H and O–H groups in total. The number of aryl methyl sites for hydroxylation is 4. The Kier molecular flexibility index (Phi) is 20.3. The van der Waals surface area contributed by atoms with E-state index >= 15 is 0 Å². The van der Waals surface area contributed by atoms with Gasteiger partial charge in [-0.15, -0.1) is 0 Å². The van der Waals surface area contributed by atoms with Crippen molar-refractivity contribution < 1.29 is 19.1 Å². The molecule has 66 heavy (non-hydrogen) atoms. The Balaban J connectivity index is 1.75. The summed E-state index contributed by atoms with van der Waals surface area (Å²) in [5.74, 6) is 0. The fourth-order valence-electron chi connectivity index (χ4n) is 9.07. The molecule has 4 aromatic carbocycles. The van der Waals surface area contributed by atoms with Crippen molar-refractivity contribution in [1.29, 1.82) is 0 Å². The van der Waals surface area contributed by atoms with E-state index in [4.69, 9.17) is 14.0 Å². The minimum atomic E-state index is -1.03. The third kappa shape index (κ3) is 14.9. The topological polar surface area (TPSA) is 47.9 Å². The van der Waals surface area contributed by atoms with Crippen molar-refractivity contribution >= 4 is 25.5 Å². The summed E-state index contributed by atoms with van der Waals surface area (Å²) in [6.45, 7) is 25.3. The molecule has 0 aromatic heterocycles. The molecule has 359 valence electrons. The van der Waals surface area contributed by atoms with Gasteiger partial charge in [-0.1, -0.05) is 183 Å². The molecular weight excluding hydrogens is 806 g/mol. The van der Waals surface area contributed by atoms with Gasteiger partial charge < -0.3 is 19.1 Å². The van der Waals surface area contributed by atoms with E-state index in [1.54, 1.807) is 0 Å². The van der Waals surface area contributed by atoms with Crippen LogP contribution < -0.4 is 10.9 Å². The van der Waals surface area contributed by atoms with Gasteiger partial charge in [0, 0.05) is 0 Å². The van der Waals surface area contributed by atoms with Crippen LogP contribution in [0.15, 0.2) is 72.8 Å². The van der Waals surface area contributed by atoms with Crippen LogP contribution >= 0.6 is 0 Å². The summed E-state index contributed by atoms with van der Waals surface area (Å²) in [6, 6.07) is 28.7. The van der Waals surface area contributed by atoms with Gasteiger partial charge in [-0.3, -0.25) is 0 Å². The van der Waals surface area contributed by atoms with Gasteiger partial charge in [0.25, 0.3) is 0 Å². The molecule has 0 unspecified atom stereocenters. The largest absolute Gasteiger partial charge is 0.494 e. The Morgan fingerprint density at radius 2 is 0.864 bits per heavy atom.